The summed E-state index contributed by atoms with van der Waals surface area (Å²) in [6, 6.07) is 8.51. The summed E-state index contributed by atoms with van der Waals surface area (Å²) in [6.07, 6.45) is 1.43. The van der Waals surface area contributed by atoms with E-state index < -0.39 is 0 Å². The zero-order chi connectivity index (χ0) is 15.2. The summed E-state index contributed by atoms with van der Waals surface area (Å²) in [4.78, 5) is 16.0. The zero-order valence-electron chi connectivity index (χ0n) is 11.4. The number of nitrogens with one attached hydrogen (secondary N) is 1. The van der Waals surface area contributed by atoms with Crippen LogP contribution < -0.4 is 10.1 Å². The highest BCUT2D eigenvalue weighted by Crippen LogP contribution is 2.24. The average molecular weight is 325 g/mol. The molecular weight excluding hydrogens is 311 g/mol. The Balaban J connectivity index is 2.15. The summed E-state index contributed by atoms with van der Waals surface area (Å²) < 4.78 is 5.46. The van der Waals surface area contributed by atoms with E-state index in [1.165, 1.54) is 6.20 Å². The third kappa shape index (κ3) is 4.09. The van der Waals surface area contributed by atoms with Gasteiger partial charge in [-0.05, 0) is 37.3 Å². The summed E-state index contributed by atoms with van der Waals surface area (Å²) in [5.41, 5.74) is 1.75. The molecular formula is C15H14Cl2N2O2. The number of amides is 1. The van der Waals surface area contributed by atoms with Crippen LogP contribution in [0.2, 0.25) is 5.02 Å². The zero-order valence-corrected chi connectivity index (χ0v) is 12.9. The van der Waals surface area contributed by atoms with E-state index in [0.717, 1.165) is 11.3 Å². The molecule has 0 aliphatic carbocycles. The Morgan fingerprint density at radius 2 is 2.14 bits per heavy atom. The van der Waals surface area contributed by atoms with Crippen molar-refractivity contribution in [2.45, 2.75) is 12.8 Å². The number of carbonyl (C=O) groups excluding carboxylic acids is 1. The number of alkyl halides is 1. The maximum absolute atomic E-state index is 12.1. The number of ether oxygens (including phenoxy) is 1. The minimum absolute atomic E-state index is 0.292. The third-order valence-electron chi connectivity index (χ3n) is 2.72. The Kier molecular flexibility index (Phi) is 5.42. The molecule has 1 N–H and O–H groups in total. The second-order valence-corrected chi connectivity index (χ2v) is 4.91. The van der Waals surface area contributed by atoms with E-state index in [-0.39, 0.29) is 5.91 Å². The molecule has 0 aliphatic rings. The van der Waals surface area contributed by atoms with Crippen molar-refractivity contribution in [1.29, 1.82) is 0 Å². The number of pyridine rings is 1. The van der Waals surface area contributed by atoms with Crippen molar-refractivity contribution in [2.24, 2.45) is 0 Å². The first-order valence-corrected chi connectivity index (χ1v) is 7.30. The molecule has 110 valence electrons. The van der Waals surface area contributed by atoms with Gasteiger partial charge in [-0.2, -0.15) is 0 Å². The predicted octanol–water partition coefficient (Wildman–Crippen LogP) is 4.12. The molecule has 0 unspecified atom stereocenters. The maximum atomic E-state index is 12.1. The van der Waals surface area contributed by atoms with Crippen LogP contribution in [0, 0.1) is 0 Å². The van der Waals surface area contributed by atoms with Gasteiger partial charge in [-0.25, -0.2) is 4.98 Å². The molecule has 1 amide bonds. The number of halogens is 2. The number of rotatable bonds is 5. The molecule has 0 spiro atoms. The molecule has 21 heavy (non-hydrogen) atoms. The number of benzene rings is 1. The van der Waals surface area contributed by atoms with Crippen LogP contribution in [0.5, 0.6) is 5.75 Å². The Bertz CT molecular complexity index is 630. The molecule has 0 fully saturated rings. The van der Waals surface area contributed by atoms with Gasteiger partial charge in [-0.3, -0.25) is 4.79 Å². The molecule has 6 heteroatoms. The molecule has 0 saturated carbocycles. The highest BCUT2D eigenvalue weighted by molar-refractivity contribution is 6.30. The first kappa shape index (κ1) is 15.6. The lowest BCUT2D eigenvalue weighted by Crippen LogP contribution is -2.13. The molecule has 2 aromatic rings. The van der Waals surface area contributed by atoms with Crippen molar-refractivity contribution in [3.63, 3.8) is 0 Å². The smallest absolute Gasteiger partial charge is 0.274 e. The normalized spacial score (nSPS) is 10.2. The van der Waals surface area contributed by atoms with Crippen LogP contribution in [0.15, 0.2) is 36.5 Å². The van der Waals surface area contributed by atoms with Crippen LogP contribution in [0.25, 0.3) is 0 Å². The standard InChI is InChI=1S/C15H14Cl2N2O2/c1-2-21-14-6-4-12(7-10(14)8-16)19-15(20)13-5-3-11(17)9-18-13/h3-7,9H,2,8H2,1H3,(H,19,20). The number of aromatic nitrogens is 1. The van der Waals surface area contributed by atoms with Gasteiger partial charge in [0.1, 0.15) is 11.4 Å². The van der Waals surface area contributed by atoms with E-state index >= 15 is 0 Å². The molecule has 1 aromatic carbocycles. The van der Waals surface area contributed by atoms with Crippen LogP contribution in [-0.2, 0) is 5.88 Å². The lowest BCUT2D eigenvalue weighted by Gasteiger charge is -2.11. The van der Waals surface area contributed by atoms with Gasteiger partial charge in [-0.1, -0.05) is 11.6 Å². The van der Waals surface area contributed by atoms with Gasteiger partial charge in [0, 0.05) is 17.4 Å². The first-order chi connectivity index (χ1) is 10.1. The van der Waals surface area contributed by atoms with Crippen LogP contribution in [0.3, 0.4) is 0 Å². The number of carbonyl (C=O) groups is 1. The van der Waals surface area contributed by atoms with Crippen molar-refractivity contribution in [2.75, 3.05) is 11.9 Å². The summed E-state index contributed by atoms with van der Waals surface area (Å²) in [5, 5.41) is 3.25. The minimum atomic E-state index is -0.309. The quantitative estimate of drug-likeness (QED) is 0.841. The van der Waals surface area contributed by atoms with Gasteiger partial charge in [0.15, 0.2) is 0 Å². The number of hydrogen-bond acceptors (Lipinski definition) is 3. The van der Waals surface area contributed by atoms with E-state index in [9.17, 15) is 4.79 Å². The molecule has 1 heterocycles. The second-order valence-electron chi connectivity index (χ2n) is 4.20. The highest BCUT2D eigenvalue weighted by Gasteiger charge is 2.10. The lowest BCUT2D eigenvalue weighted by molar-refractivity contribution is 0.102. The van der Waals surface area contributed by atoms with Crippen molar-refractivity contribution in [3.05, 3.63) is 52.8 Å². The van der Waals surface area contributed by atoms with Gasteiger partial charge in [0.2, 0.25) is 0 Å². The van der Waals surface area contributed by atoms with Gasteiger partial charge >= 0.3 is 0 Å². The van der Waals surface area contributed by atoms with Crippen LogP contribution in [0.4, 0.5) is 5.69 Å². The van der Waals surface area contributed by atoms with Crippen molar-refractivity contribution < 1.29 is 9.53 Å². The number of hydrogen-bond donors (Lipinski definition) is 1. The average Bonchev–Trinajstić information content (AvgIpc) is 2.49. The van der Waals surface area contributed by atoms with Gasteiger partial charge < -0.3 is 10.1 Å². The molecule has 0 atom stereocenters. The summed E-state index contributed by atoms with van der Waals surface area (Å²) >= 11 is 11.6. The van der Waals surface area contributed by atoms with E-state index in [4.69, 9.17) is 27.9 Å². The fraction of sp³-hybridized carbons (Fsp3) is 0.200. The fourth-order valence-electron chi connectivity index (χ4n) is 1.76. The van der Waals surface area contributed by atoms with Crippen molar-refractivity contribution >= 4 is 34.8 Å². The third-order valence-corrected chi connectivity index (χ3v) is 3.23. The summed E-state index contributed by atoms with van der Waals surface area (Å²) in [6.45, 7) is 2.46. The molecule has 0 radical (unpaired) electrons. The van der Waals surface area contributed by atoms with E-state index in [2.05, 4.69) is 10.3 Å². The molecule has 0 saturated heterocycles. The van der Waals surface area contributed by atoms with Crippen LogP contribution in [0.1, 0.15) is 23.0 Å². The van der Waals surface area contributed by atoms with Crippen LogP contribution >= 0.6 is 23.2 Å². The van der Waals surface area contributed by atoms with Gasteiger partial charge in [0.05, 0.1) is 17.5 Å². The van der Waals surface area contributed by atoms with Gasteiger partial charge in [-0.15, -0.1) is 11.6 Å². The largest absolute Gasteiger partial charge is 0.494 e. The van der Waals surface area contributed by atoms with Crippen molar-refractivity contribution in [3.8, 4) is 5.75 Å². The second kappa shape index (κ2) is 7.29. The maximum Gasteiger partial charge on any atom is 0.274 e. The fourth-order valence-corrected chi connectivity index (χ4v) is 2.08. The minimum Gasteiger partial charge on any atom is -0.494 e. The first-order valence-electron chi connectivity index (χ1n) is 6.38. The van der Waals surface area contributed by atoms with E-state index in [1.54, 1.807) is 30.3 Å². The van der Waals surface area contributed by atoms with Gasteiger partial charge in [0.25, 0.3) is 5.91 Å². The molecule has 2 rings (SSSR count). The topological polar surface area (TPSA) is 51.2 Å². The van der Waals surface area contributed by atoms with Crippen LogP contribution in [-0.4, -0.2) is 17.5 Å². The molecule has 0 bridgehead atoms. The monoisotopic (exact) mass is 324 g/mol. The molecule has 1 aromatic heterocycles. The lowest BCUT2D eigenvalue weighted by atomic mass is 10.2. The Morgan fingerprint density at radius 3 is 2.76 bits per heavy atom. The molecule has 0 aliphatic heterocycles. The predicted molar refractivity (Wildman–Crippen MR) is 84.4 cm³/mol. The Morgan fingerprint density at radius 1 is 1.33 bits per heavy atom. The summed E-state index contributed by atoms with van der Waals surface area (Å²) in [7, 11) is 0. The molecule has 4 nitrogen and oxygen atoms in total. The Labute approximate surface area is 133 Å². The SMILES string of the molecule is CCOc1ccc(NC(=O)c2ccc(Cl)cn2)cc1CCl. The van der Waals surface area contributed by atoms with E-state index in [1.807, 2.05) is 6.92 Å². The Hall–Kier alpha value is -1.78. The van der Waals surface area contributed by atoms with Crippen molar-refractivity contribution in [1.82, 2.24) is 4.98 Å². The number of nitrogens with zero attached hydrogens (tertiary/aromatic N) is 1. The van der Waals surface area contributed by atoms with E-state index in [0.29, 0.717) is 28.9 Å². The summed E-state index contributed by atoms with van der Waals surface area (Å²) in [5.74, 6) is 0.713. The number of anilines is 1. The highest BCUT2D eigenvalue weighted by atomic mass is 35.5.